The van der Waals surface area contributed by atoms with E-state index in [0.717, 1.165) is 10.8 Å². The van der Waals surface area contributed by atoms with Gasteiger partial charge in [-0.1, -0.05) is 29.3 Å². The monoisotopic (exact) mass is 349 g/mol. The minimum Gasteiger partial charge on any atom is -0.295 e. The molecule has 0 atom stereocenters. The van der Waals surface area contributed by atoms with E-state index in [1.807, 2.05) is 4.98 Å². The summed E-state index contributed by atoms with van der Waals surface area (Å²) in [5, 5.41) is 5.64. The predicted molar refractivity (Wildman–Crippen MR) is 78.3 cm³/mol. The molecule has 0 unspecified atom stereocenters. The van der Waals surface area contributed by atoms with E-state index in [0.29, 0.717) is 15.6 Å². The molecule has 0 saturated heterocycles. The zero-order chi connectivity index (χ0) is 15.8. The van der Waals surface area contributed by atoms with Gasteiger partial charge in [0.05, 0.1) is 6.54 Å². The minimum atomic E-state index is -4.24. The highest BCUT2D eigenvalue weighted by molar-refractivity contribution is 7.89. The lowest BCUT2D eigenvalue weighted by atomic mass is 10.2. The van der Waals surface area contributed by atoms with Gasteiger partial charge in [-0.2, -0.15) is 0 Å². The van der Waals surface area contributed by atoms with Crippen LogP contribution in [0.5, 0.6) is 0 Å². The van der Waals surface area contributed by atoms with Crippen LogP contribution in [-0.2, 0) is 16.6 Å². The Bertz CT molecular complexity index is 918. The van der Waals surface area contributed by atoms with Crippen LogP contribution in [0.3, 0.4) is 0 Å². The van der Waals surface area contributed by atoms with Crippen molar-refractivity contribution in [1.29, 1.82) is 0 Å². The average molecular weight is 350 g/mol. The molecule has 0 bridgehead atoms. The summed E-state index contributed by atoms with van der Waals surface area (Å²) in [5.41, 5.74) is -1.32. The largest absolute Gasteiger partial charge is 0.328 e. The first-order valence-electron chi connectivity index (χ1n) is 5.49. The molecule has 0 aliphatic rings. The number of halogens is 2. The second-order valence-corrected chi connectivity index (χ2v) is 6.53. The molecule has 0 amide bonds. The first-order valence-corrected chi connectivity index (χ1v) is 7.79. The number of benzene rings is 1. The summed E-state index contributed by atoms with van der Waals surface area (Å²) in [4.78, 5) is 24.3. The Morgan fingerprint density at radius 2 is 1.90 bits per heavy atom. The van der Waals surface area contributed by atoms with Gasteiger partial charge in [-0.25, -0.2) is 18.4 Å². The van der Waals surface area contributed by atoms with Crippen molar-refractivity contribution in [2.75, 3.05) is 0 Å². The van der Waals surface area contributed by atoms with Crippen molar-refractivity contribution in [1.82, 2.24) is 9.55 Å². The maximum absolute atomic E-state index is 11.7. The molecule has 3 N–H and O–H groups in total. The number of sulfonamides is 1. The molecule has 7 nitrogen and oxygen atoms in total. The normalized spacial score (nSPS) is 11.6. The van der Waals surface area contributed by atoms with Gasteiger partial charge in [0, 0.05) is 16.2 Å². The van der Waals surface area contributed by atoms with E-state index in [1.54, 1.807) is 12.1 Å². The molecule has 21 heavy (non-hydrogen) atoms. The number of hydrogen-bond donors (Lipinski definition) is 2. The highest BCUT2D eigenvalue weighted by Crippen LogP contribution is 2.21. The zero-order valence-corrected chi connectivity index (χ0v) is 12.7. The number of H-pyrrole nitrogens is 1. The van der Waals surface area contributed by atoms with E-state index < -0.39 is 26.2 Å². The van der Waals surface area contributed by atoms with Crippen LogP contribution in [-0.4, -0.2) is 18.0 Å². The van der Waals surface area contributed by atoms with Crippen LogP contribution >= 0.6 is 23.2 Å². The number of nitrogens with two attached hydrogens (primary N) is 1. The molecule has 0 aliphatic carbocycles. The van der Waals surface area contributed by atoms with Gasteiger partial charge < -0.3 is 0 Å². The fourth-order valence-electron chi connectivity index (χ4n) is 1.64. The number of nitrogens with one attached hydrogen (secondary N) is 1. The fraction of sp³-hybridized carbons (Fsp3) is 0.0909. The maximum Gasteiger partial charge on any atom is 0.328 e. The lowest BCUT2D eigenvalue weighted by Crippen LogP contribution is -2.34. The number of rotatable bonds is 3. The molecule has 10 heteroatoms. The van der Waals surface area contributed by atoms with Crippen molar-refractivity contribution < 1.29 is 8.42 Å². The highest BCUT2D eigenvalue weighted by Gasteiger charge is 2.16. The molecule has 0 aliphatic heterocycles. The minimum absolute atomic E-state index is 0.0475. The van der Waals surface area contributed by atoms with E-state index >= 15 is 0 Å². The Hall–Kier alpha value is -1.61. The maximum atomic E-state index is 11.7. The molecule has 0 saturated carbocycles. The molecule has 2 aromatic rings. The second-order valence-electron chi connectivity index (χ2n) is 4.16. The third-order valence-corrected chi connectivity index (χ3v) is 4.13. The lowest BCUT2D eigenvalue weighted by Gasteiger charge is -2.08. The fourth-order valence-corrected chi connectivity index (χ4v) is 2.69. The predicted octanol–water partition coefficient (Wildman–Crippen LogP) is 0.539. The van der Waals surface area contributed by atoms with Crippen LogP contribution in [0.4, 0.5) is 0 Å². The topological polar surface area (TPSA) is 115 Å². The van der Waals surface area contributed by atoms with Gasteiger partial charge in [-0.3, -0.25) is 14.3 Å². The number of aromatic nitrogens is 2. The van der Waals surface area contributed by atoms with Gasteiger partial charge >= 0.3 is 5.69 Å². The van der Waals surface area contributed by atoms with Crippen LogP contribution < -0.4 is 16.4 Å². The summed E-state index contributed by atoms with van der Waals surface area (Å²) < 4.78 is 23.5. The second kappa shape index (κ2) is 5.64. The summed E-state index contributed by atoms with van der Waals surface area (Å²) in [6, 6.07) is 4.63. The summed E-state index contributed by atoms with van der Waals surface area (Å²) in [6.07, 6.45) is 0.876. The Morgan fingerprint density at radius 1 is 1.24 bits per heavy atom. The summed E-state index contributed by atoms with van der Waals surface area (Å²) in [5.74, 6) is 0. The summed E-state index contributed by atoms with van der Waals surface area (Å²) >= 11 is 11.7. The number of primary sulfonamides is 1. The van der Waals surface area contributed by atoms with Gasteiger partial charge in [0.2, 0.25) is 10.0 Å². The van der Waals surface area contributed by atoms with E-state index in [9.17, 15) is 18.0 Å². The SMILES string of the molecule is NS(=O)(=O)c1cn(Cc2ccc(Cl)cc2Cl)c(=O)[nH]c1=O. The van der Waals surface area contributed by atoms with Crippen LogP contribution in [0.2, 0.25) is 10.0 Å². The van der Waals surface area contributed by atoms with Gasteiger partial charge in [0.1, 0.15) is 0 Å². The lowest BCUT2D eigenvalue weighted by molar-refractivity contribution is 0.591. The number of aromatic amines is 1. The van der Waals surface area contributed by atoms with Crippen LogP contribution in [0.1, 0.15) is 5.56 Å². The van der Waals surface area contributed by atoms with Crippen LogP contribution in [0, 0.1) is 0 Å². The molecule has 1 aromatic carbocycles. The van der Waals surface area contributed by atoms with Crippen molar-refractivity contribution in [3.63, 3.8) is 0 Å². The van der Waals surface area contributed by atoms with Gasteiger partial charge in [0.15, 0.2) is 4.90 Å². The molecule has 112 valence electrons. The Balaban J connectivity index is 2.55. The number of hydrogen-bond acceptors (Lipinski definition) is 4. The standard InChI is InChI=1S/C11H9Cl2N3O4S/c12-7-2-1-6(8(13)3-7)4-16-5-9(21(14,19)20)10(17)15-11(16)18/h1-3,5H,4H2,(H2,14,19,20)(H,15,17,18). The third-order valence-electron chi connectivity index (χ3n) is 2.64. The number of nitrogens with zero attached hydrogens (tertiary/aromatic N) is 1. The van der Waals surface area contributed by atoms with E-state index in [1.165, 1.54) is 6.07 Å². The van der Waals surface area contributed by atoms with Crippen LogP contribution in [0.15, 0.2) is 38.9 Å². The van der Waals surface area contributed by atoms with Crippen molar-refractivity contribution in [2.24, 2.45) is 5.14 Å². The van der Waals surface area contributed by atoms with Crippen molar-refractivity contribution in [2.45, 2.75) is 11.4 Å². The summed E-state index contributed by atoms with van der Waals surface area (Å²) in [7, 11) is -4.24. The van der Waals surface area contributed by atoms with E-state index in [2.05, 4.69) is 0 Å². The third kappa shape index (κ3) is 3.53. The van der Waals surface area contributed by atoms with Gasteiger partial charge in [0.25, 0.3) is 5.56 Å². The smallest absolute Gasteiger partial charge is 0.295 e. The average Bonchev–Trinajstić information content (AvgIpc) is 2.33. The Labute approximate surface area is 129 Å². The van der Waals surface area contributed by atoms with Crippen molar-refractivity contribution in [3.05, 3.63) is 60.8 Å². The first kappa shape index (κ1) is 15.8. The van der Waals surface area contributed by atoms with E-state index in [-0.39, 0.29) is 6.54 Å². The molecule has 0 fully saturated rings. The molecular formula is C11H9Cl2N3O4S. The van der Waals surface area contributed by atoms with E-state index in [4.69, 9.17) is 28.3 Å². The Kier molecular flexibility index (Phi) is 4.24. The van der Waals surface area contributed by atoms with Gasteiger partial charge in [-0.15, -0.1) is 0 Å². The Morgan fingerprint density at radius 3 is 2.48 bits per heavy atom. The molecule has 0 spiro atoms. The molecular weight excluding hydrogens is 341 g/mol. The quantitative estimate of drug-likeness (QED) is 0.841. The zero-order valence-electron chi connectivity index (χ0n) is 10.3. The van der Waals surface area contributed by atoms with Gasteiger partial charge in [-0.05, 0) is 17.7 Å². The van der Waals surface area contributed by atoms with Crippen molar-refractivity contribution >= 4 is 33.2 Å². The molecule has 1 heterocycles. The van der Waals surface area contributed by atoms with Crippen LogP contribution in [0.25, 0.3) is 0 Å². The molecule has 1 aromatic heterocycles. The molecule has 0 radical (unpaired) electrons. The highest BCUT2D eigenvalue weighted by atomic mass is 35.5. The van der Waals surface area contributed by atoms with Crippen molar-refractivity contribution in [3.8, 4) is 0 Å². The molecule has 2 rings (SSSR count). The first-order chi connectivity index (χ1) is 9.68. The summed E-state index contributed by atoms with van der Waals surface area (Å²) in [6.45, 7) is -0.0475.